The maximum absolute atomic E-state index is 11.6. The van der Waals surface area contributed by atoms with Gasteiger partial charge in [-0.15, -0.1) is 0 Å². The van der Waals surface area contributed by atoms with Crippen LogP contribution in [0, 0.1) is 6.92 Å². The Balaban J connectivity index is 1.79. The predicted octanol–water partition coefficient (Wildman–Crippen LogP) is 1.12. The molecular formula is C12H15ClN6O. The molecule has 2 aromatic rings. The molecule has 0 radical (unpaired) electrons. The van der Waals surface area contributed by atoms with Crippen LogP contribution >= 0.6 is 11.6 Å². The average Bonchev–Trinajstić information content (AvgIpc) is 2.93. The maximum atomic E-state index is 11.6. The number of nitrogens with zero attached hydrogens (tertiary/aromatic N) is 5. The number of aryl methyl sites for hydroxylation is 3. The van der Waals surface area contributed by atoms with E-state index in [-0.39, 0.29) is 12.3 Å². The summed E-state index contributed by atoms with van der Waals surface area (Å²) in [5.41, 5.74) is 4.19. The number of hydrogen-bond donors (Lipinski definition) is 1. The van der Waals surface area contributed by atoms with Gasteiger partial charge in [0, 0.05) is 38.0 Å². The van der Waals surface area contributed by atoms with E-state index < -0.39 is 0 Å². The summed E-state index contributed by atoms with van der Waals surface area (Å²) >= 11 is 5.73. The smallest absolute Gasteiger partial charge is 0.241 e. The lowest BCUT2D eigenvalue weighted by molar-refractivity contribution is -0.121. The fraction of sp³-hybridized carbons (Fsp3) is 0.333. The molecule has 0 aromatic carbocycles. The van der Waals surface area contributed by atoms with Gasteiger partial charge in [0.1, 0.15) is 0 Å². The number of carbonyl (C=O) groups excluding carboxylic acids is 1. The summed E-state index contributed by atoms with van der Waals surface area (Å²) in [4.78, 5) is 11.6. The summed E-state index contributed by atoms with van der Waals surface area (Å²) in [6.07, 6.45) is 6.88. The third-order valence-corrected chi connectivity index (χ3v) is 2.81. The van der Waals surface area contributed by atoms with Crippen molar-refractivity contribution in [1.29, 1.82) is 0 Å². The zero-order valence-corrected chi connectivity index (χ0v) is 12.0. The van der Waals surface area contributed by atoms with Crippen molar-refractivity contribution in [2.75, 3.05) is 0 Å². The van der Waals surface area contributed by atoms with E-state index >= 15 is 0 Å². The second kappa shape index (κ2) is 6.33. The van der Waals surface area contributed by atoms with E-state index in [2.05, 4.69) is 20.7 Å². The van der Waals surface area contributed by atoms with Gasteiger partial charge in [-0.25, -0.2) is 5.43 Å². The highest BCUT2D eigenvalue weighted by molar-refractivity contribution is 6.30. The summed E-state index contributed by atoms with van der Waals surface area (Å²) in [6.45, 7) is 2.34. The van der Waals surface area contributed by atoms with Crippen molar-refractivity contribution in [1.82, 2.24) is 25.0 Å². The highest BCUT2D eigenvalue weighted by Gasteiger charge is 2.03. The molecule has 0 bridgehead atoms. The van der Waals surface area contributed by atoms with Gasteiger partial charge in [-0.05, 0) is 6.92 Å². The van der Waals surface area contributed by atoms with Gasteiger partial charge in [0.05, 0.1) is 23.1 Å². The van der Waals surface area contributed by atoms with Gasteiger partial charge < -0.3 is 0 Å². The number of aromatic nitrogens is 4. The van der Waals surface area contributed by atoms with Crippen molar-refractivity contribution in [3.8, 4) is 0 Å². The van der Waals surface area contributed by atoms with Crippen molar-refractivity contribution >= 4 is 23.7 Å². The molecule has 0 saturated carbocycles. The Morgan fingerprint density at radius 2 is 2.35 bits per heavy atom. The molecule has 8 heteroatoms. The second-order valence-corrected chi connectivity index (χ2v) is 4.74. The Labute approximate surface area is 121 Å². The number of amides is 1. The SMILES string of the molecule is Cc1nn(C)cc1/C=N/NC(=O)CCn1cc(Cl)cn1. The summed E-state index contributed by atoms with van der Waals surface area (Å²) in [5.74, 6) is -0.186. The van der Waals surface area contributed by atoms with Crippen LogP contribution in [0.15, 0.2) is 23.7 Å². The normalized spacial score (nSPS) is 11.2. The first-order chi connectivity index (χ1) is 9.54. The molecule has 0 spiro atoms. The maximum Gasteiger partial charge on any atom is 0.241 e. The highest BCUT2D eigenvalue weighted by Crippen LogP contribution is 2.05. The number of hydrazone groups is 1. The molecule has 0 saturated heterocycles. The van der Waals surface area contributed by atoms with Gasteiger partial charge in [-0.2, -0.15) is 15.3 Å². The lowest BCUT2D eigenvalue weighted by atomic mass is 10.3. The molecule has 2 heterocycles. The zero-order valence-electron chi connectivity index (χ0n) is 11.2. The van der Waals surface area contributed by atoms with E-state index in [9.17, 15) is 4.79 Å². The number of halogens is 1. The number of nitrogens with one attached hydrogen (secondary N) is 1. The Hall–Kier alpha value is -2.15. The average molecular weight is 295 g/mol. The zero-order chi connectivity index (χ0) is 14.5. The topological polar surface area (TPSA) is 77.1 Å². The third-order valence-electron chi connectivity index (χ3n) is 2.61. The Morgan fingerprint density at radius 3 is 2.95 bits per heavy atom. The first-order valence-electron chi connectivity index (χ1n) is 6.04. The van der Waals surface area contributed by atoms with Crippen LogP contribution in [0.5, 0.6) is 0 Å². The van der Waals surface area contributed by atoms with E-state index in [4.69, 9.17) is 11.6 Å². The Morgan fingerprint density at radius 1 is 1.55 bits per heavy atom. The highest BCUT2D eigenvalue weighted by atomic mass is 35.5. The molecule has 1 amide bonds. The van der Waals surface area contributed by atoms with E-state index in [0.29, 0.717) is 11.6 Å². The van der Waals surface area contributed by atoms with Gasteiger partial charge in [0.25, 0.3) is 0 Å². The summed E-state index contributed by atoms with van der Waals surface area (Å²) in [5, 5.41) is 12.6. The lowest BCUT2D eigenvalue weighted by Crippen LogP contribution is -2.19. The van der Waals surface area contributed by atoms with Gasteiger partial charge in [-0.1, -0.05) is 11.6 Å². The van der Waals surface area contributed by atoms with Crippen LogP contribution in [-0.2, 0) is 18.4 Å². The standard InChI is InChI=1S/C12H15ClN6O/c1-9-10(7-18(2)17-9)5-14-16-12(20)3-4-19-8-11(13)6-15-19/h5-8H,3-4H2,1-2H3,(H,16,20)/b14-5+. The fourth-order valence-corrected chi connectivity index (χ4v) is 1.81. The van der Waals surface area contributed by atoms with E-state index in [1.165, 1.54) is 6.20 Å². The summed E-state index contributed by atoms with van der Waals surface area (Å²) in [7, 11) is 1.83. The molecule has 0 aliphatic rings. The van der Waals surface area contributed by atoms with Gasteiger partial charge in [0.15, 0.2) is 0 Å². The minimum atomic E-state index is -0.186. The van der Waals surface area contributed by atoms with Crippen LogP contribution in [0.25, 0.3) is 0 Å². The molecule has 2 rings (SSSR count). The molecule has 0 aliphatic heterocycles. The van der Waals surface area contributed by atoms with Crippen molar-refractivity contribution in [3.05, 3.63) is 34.9 Å². The monoisotopic (exact) mass is 294 g/mol. The van der Waals surface area contributed by atoms with Crippen molar-refractivity contribution in [3.63, 3.8) is 0 Å². The first-order valence-corrected chi connectivity index (χ1v) is 6.42. The molecule has 0 unspecified atom stereocenters. The molecular weight excluding hydrogens is 280 g/mol. The molecule has 7 nitrogen and oxygen atoms in total. The minimum Gasteiger partial charge on any atom is -0.275 e. The van der Waals surface area contributed by atoms with E-state index in [1.54, 1.807) is 21.8 Å². The van der Waals surface area contributed by atoms with Crippen LogP contribution < -0.4 is 5.43 Å². The Kier molecular flexibility index (Phi) is 4.52. The van der Waals surface area contributed by atoms with Crippen LogP contribution in [0.1, 0.15) is 17.7 Å². The molecule has 106 valence electrons. The van der Waals surface area contributed by atoms with Crippen molar-refractivity contribution in [2.24, 2.45) is 12.1 Å². The minimum absolute atomic E-state index is 0.186. The van der Waals surface area contributed by atoms with E-state index in [1.807, 2.05) is 20.2 Å². The second-order valence-electron chi connectivity index (χ2n) is 4.31. The van der Waals surface area contributed by atoms with Gasteiger partial charge in [-0.3, -0.25) is 14.2 Å². The molecule has 2 aromatic heterocycles. The van der Waals surface area contributed by atoms with Crippen molar-refractivity contribution < 1.29 is 4.79 Å². The lowest BCUT2D eigenvalue weighted by Gasteiger charge is -2.00. The number of carbonyl (C=O) groups is 1. The quantitative estimate of drug-likeness (QED) is 0.663. The van der Waals surface area contributed by atoms with Crippen LogP contribution in [0.2, 0.25) is 5.02 Å². The fourth-order valence-electron chi connectivity index (χ4n) is 1.65. The van der Waals surface area contributed by atoms with Crippen LogP contribution in [-0.4, -0.2) is 31.7 Å². The third kappa shape index (κ3) is 3.92. The predicted molar refractivity (Wildman–Crippen MR) is 75.5 cm³/mol. The van der Waals surface area contributed by atoms with Crippen LogP contribution in [0.4, 0.5) is 0 Å². The molecule has 0 fully saturated rings. The molecule has 20 heavy (non-hydrogen) atoms. The summed E-state index contributed by atoms with van der Waals surface area (Å²) < 4.78 is 3.30. The molecule has 1 N–H and O–H groups in total. The van der Waals surface area contributed by atoms with E-state index in [0.717, 1.165) is 11.3 Å². The van der Waals surface area contributed by atoms with Gasteiger partial charge in [0.2, 0.25) is 5.91 Å². The van der Waals surface area contributed by atoms with Gasteiger partial charge >= 0.3 is 0 Å². The van der Waals surface area contributed by atoms with Crippen LogP contribution in [0.3, 0.4) is 0 Å². The summed E-state index contributed by atoms with van der Waals surface area (Å²) in [6, 6.07) is 0. The number of rotatable bonds is 5. The Bertz CT molecular complexity index is 630. The molecule has 0 aliphatic carbocycles. The molecule has 0 atom stereocenters. The number of hydrogen-bond acceptors (Lipinski definition) is 4. The first kappa shape index (κ1) is 14.3. The largest absolute Gasteiger partial charge is 0.275 e. The van der Waals surface area contributed by atoms with Crippen molar-refractivity contribution in [2.45, 2.75) is 19.9 Å².